The quantitative estimate of drug-likeness (QED) is 0.819. The number of carbonyl (C=O) groups is 1. The van der Waals surface area contributed by atoms with Gasteiger partial charge in [-0.25, -0.2) is 0 Å². The summed E-state index contributed by atoms with van der Waals surface area (Å²) in [5.41, 5.74) is 1.41. The van der Waals surface area contributed by atoms with Crippen LogP contribution in [0.4, 0.5) is 0 Å². The Morgan fingerprint density at radius 2 is 1.91 bits per heavy atom. The topological polar surface area (TPSA) is 20.3 Å². The van der Waals surface area contributed by atoms with Crippen molar-refractivity contribution in [1.29, 1.82) is 0 Å². The maximum absolute atomic E-state index is 12.1. The molecule has 0 N–H and O–H groups in total. The molecule has 1 aromatic carbocycles. The van der Waals surface area contributed by atoms with Gasteiger partial charge in [-0.3, -0.25) is 9.69 Å². The van der Waals surface area contributed by atoms with Crippen molar-refractivity contribution in [3.8, 4) is 0 Å². The monoisotopic (exact) mass is 299 g/mol. The second-order valence-electron chi connectivity index (χ2n) is 7.20. The maximum atomic E-state index is 12.1. The van der Waals surface area contributed by atoms with E-state index >= 15 is 0 Å². The van der Waals surface area contributed by atoms with Gasteiger partial charge in [0, 0.05) is 31.0 Å². The summed E-state index contributed by atoms with van der Waals surface area (Å²) in [6, 6.07) is 12.2. The van der Waals surface area contributed by atoms with E-state index in [1.807, 2.05) is 0 Å². The Labute approximate surface area is 134 Å². The van der Waals surface area contributed by atoms with Gasteiger partial charge in [-0.1, -0.05) is 50.6 Å². The fourth-order valence-electron chi connectivity index (χ4n) is 4.66. The smallest absolute Gasteiger partial charge is 0.136 e. The molecule has 0 unspecified atom stereocenters. The van der Waals surface area contributed by atoms with E-state index in [1.54, 1.807) is 0 Å². The van der Waals surface area contributed by atoms with Gasteiger partial charge in [-0.15, -0.1) is 0 Å². The van der Waals surface area contributed by atoms with Gasteiger partial charge in [-0.05, 0) is 37.2 Å². The molecule has 22 heavy (non-hydrogen) atoms. The van der Waals surface area contributed by atoms with Gasteiger partial charge in [0.05, 0.1) is 0 Å². The van der Waals surface area contributed by atoms with Crippen molar-refractivity contribution >= 4 is 5.78 Å². The summed E-state index contributed by atoms with van der Waals surface area (Å²) in [5, 5.41) is 0. The number of hydrogen-bond donors (Lipinski definition) is 0. The Bertz CT molecular complexity index is 498. The molecular formula is C20H29NO. The summed E-state index contributed by atoms with van der Waals surface area (Å²) in [7, 11) is 0. The SMILES string of the molecule is CCC[C@H]1CC[C@@H]2[C@@H](CCC(=O)[C@@H]2C)N1Cc1ccccc1. The Morgan fingerprint density at radius 3 is 2.64 bits per heavy atom. The van der Waals surface area contributed by atoms with Crippen molar-refractivity contribution in [2.45, 2.75) is 71.0 Å². The molecule has 2 aliphatic rings. The van der Waals surface area contributed by atoms with Crippen molar-refractivity contribution in [3.63, 3.8) is 0 Å². The highest BCUT2D eigenvalue weighted by Gasteiger charge is 2.43. The molecule has 1 saturated heterocycles. The second kappa shape index (κ2) is 6.95. The zero-order valence-electron chi connectivity index (χ0n) is 14.0. The van der Waals surface area contributed by atoms with Gasteiger partial charge in [-0.2, -0.15) is 0 Å². The zero-order valence-corrected chi connectivity index (χ0v) is 14.0. The molecule has 0 radical (unpaired) electrons. The molecule has 4 atom stereocenters. The average molecular weight is 299 g/mol. The van der Waals surface area contributed by atoms with Gasteiger partial charge in [0.1, 0.15) is 5.78 Å². The number of likely N-dealkylation sites (tertiary alicyclic amines) is 1. The third-order valence-electron chi connectivity index (χ3n) is 5.89. The minimum absolute atomic E-state index is 0.264. The number of fused-ring (bicyclic) bond motifs is 1. The molecule has 3 rings (SSSR count). The first-order chi connectivity index (χ1) is 10.7. The Balaban J connectivity index is 1.81. The van der Waals surface area contributed by atoms with Gasteiger partial charge >= 0.3 is 0 Å². The second-order valence-corrected chi connectivity index (χ2v) is 7.20. The summed E-state index contributed by atoms with van der Waals surface area (Å²) in [5.74, 6) is 1.34. The molecule has 1 aromatic rings. The first kappa shape index (κ1) is 15.7. The van der Waals surface area contributed by atoms with E-state index in [2.05, 4.69) is 49.1 Å². The number of piperidine rings is 1. The standard InChI is InChI=1S/C20H29NO/c1-3-7-17-10-11-18-15(2)20(22)13-12-19(18)21(17)14-16-8-5-4-6-9-16/h4-6,8-9,15,17-19H,3,7,10-14H2,1-2H3/t15-,17+,18+,19-/m1/s1. The van der Waals surface area contributed by atoms with E-state index in [9.17, 15) is 4.79 Å². The molecule has 1 aliphatic carbocycles. The van der Waals surface area contributed by atoms with Crippen molar-refractivity contribution in [3.05, 3.63) is 35.9 Å². The summed E-state index contributed by atoms with van der Waals surface area (Å²) >= 11 is 0. The Hall–Kier alpha value is -1.15. The molecule has 0 aromatic heterocycles. The summed E-state index contributed by atoms with van der Waals surface area (Å²) in [6.45, 7) is 5.51. The maximum Gasteiger partial charge on any atom is 0.136 e. The van der Waals surface area contributed by atoms with Crippen LogP contribution < -0.4 is 0 Å². The molecule has 2 nitrogen and oxygen atoms in total. The predicted molar refractivity (Wildman–Crippen MR) is 90.6 cm³/mol. The highest BCUT2D eigenvalue weighted by molar-refractivity contribution is 5.82. The van der Waals surface area contributed by atoms with Crippen LogP contribution in [0, 0.1) is 11.8 Å². The van der Waals surface area contributed by atoms with E-state index in [1.165, 1.54) is 31.2 Å². The van der Waals surface area contributed by atoms with Crippen molar-refractivity contribution in [2.24, 2.45) is 11.8 Å². The van der Waals surface area contributed by atoms with Crippen LogP contribution in [-0.4, -0.2) is 22.8 Å². The van der Waals surface area contributed by atoms with Crippen LogP contribution in [0.5, 0.6) is 0 Å². The lowest BCUT2D eigenvalue weighted by molar-refractivity contribution is -0.131. The molecule has 1 saturated carbocycles. The van der Waals surface area contributed by atoms with Crippen molar-refractivity contribution in [2.75, 3.05) is 0 Å². The highest BCUT2D eigenvalue weighted by atomic mass is 16.1. The number of rotatable bonds is 4. The minimum Gasteiger partial charge on any atom is -0.299 e. The predicted octanol–water partition coefficient (Wildman–Crippen LogP) is 4.43. The number of hydrogen-bond acceptors (Lipinski definition) is 2. The van der Waals surface area contributed by atoms with Crippen molar-refractivity contribution < 1.29 is 4.79 Å². The fraction of sp³-hybridized carbons (Fsp3) is 0.650. The number of nitrogens with zero attached hydrogens (tertiary/aromatic N) is 1. The third kappa shape index (κ3) is 3.12. The zero-order chi connectivity index (χ0) is 15.5. The van der Waals surface area contributed by atoms with Crippen molar-refractivity contribution in [1.82, 2.24) is 4.90 Å². The summed E-state index contributed by atoms with van der Waals surface area (Å²) in [6.07, 6.45) is 6.90. The molecule has 2 heteroatoms. The summed E-state index contributed by atoms with van der Waals surface area (Å²) in [4.78, 5) is 14.8. The van der Waals surface area contributed by atoms with E-state index in [-0.39, 0.29) is 5.92 Å². The lowest BCUT2D eigenvalue weighted by Gasteiger charge is -2.50. The lowest BCUT2D eigenvalue weighted by Crippen LogP contribution is -2.55. The molecule has 0 amide bonds. The largest absolute Gasteiger partial charge is 0.299 e. The first-order valence-electron chi connectivity index (χ1n) is 9.03. The highest BCUT2D eigenvalue weighted by Crippen LogP contribution is 2.41. The van der Waals surface area contributed by atoms with Crippen LogP contribution >= 0.6 is 0 Å². The van der Waals surface area contributed by atoms with Gasteiger partial charge in [0.15, 0.2) is 0 Å². The number of carbonyl (C=O) groups excluding carboxylic acids is 1. The van der Waals surface area contributed by atoms with E-state index in [4.69, 9.17) is 0 Å². The van der Waals surface area contributed by atoms with Crippen LogP contribution in [0.1, 0.15) is 57.9 Å². The van der Waals surface area contributed by atoms with Crippen LogP contribution in [-0.2, 0) is 11.3 Å². The third-order valence-corrected chi connectivity index (χ3v) is 5.89. The molecule has 0 spiro atoms. The van der Waals surface area contributed by atoms with E-state index in [0.29, 0.717) is 23.8 Å². The normalized spacial score (nSPS) is 32.7. The Kier molecular flexibility index (Phi) is 4.97. The summed E-state index contributed by atoms with van der Waals surface area (Å²) < 4.78 is 0. The van der Waals surface area contributed by atoms with Gasteiger partial charge in [0.2, 0.25) is 0 Å². The number of ketones is 1. The lowest BCUT2D eigenvalue weighted by atomic mass is 9.69. The molecular weight excluding hydrogens is 270 g/mol. The van der Waals surface area contributed by atoms with Crippen LogP contribution in [0.15, 0.2) is 30.3 Å². The molecule has 120 valence electrons. The molecule has 0 bridgehead atoms. The molecule has 1 heterocycles. The van der Waals surface area contributed by atoms with Gasteiger partial charge in [0.25, 0.3) is 0 Å². The van der Waals surface area contributed by atoms with E-state index in [0.717, 1.165) is 19.4 Å². The van der Waals surface area contributed by atoms with Crippen LogP contribution in [0.25, 0.3) is 0 Å². The fourth-order valence-corrected chi connectivity index (χ4v) is 4.66. The van der Waals surface area contributed by atoms with E-state index < -0.39 is 0 Å². The number of Topliss-reactive ketones (excluding diaryl/α,β-unsaturated/α-hetero) is 1. The van der Waals surface area contributed by atoms with Crippen LogP contribution in [0.3, 0.4) is 0 Å². The minimum atomic E-state index is 0.264. The number of benzene rings is 1. The average Bonchev–Trinajstić information content (AvgIpc) is 2.54. The first-order valence-corrected chi connectivity index (χ1v) is 9.03. The van der Waals surface area contributed by atoms with Crippen LogP contribution in [0.2, 0.25) is 0 Å². The van der Waals surface area contributed by atoms with Gasteiger partial charge < -0.3 is 0 Å². The molecule has 2 fully saturated rings. The molecule has 1 aliphatic heterocycles. The Morgan fingerprint density at radius 1 is 1.14 bits per heavy atom.